The van der Waals surface area contributed by atoms with Gasteiger partial charge in [-0.2, -0.15) is 0 Å². The number of nitrogens with zero attached hydrogens (tertiary/aromatic N) is 3. The molecule has 7 heteroatoms. The van der Waals surface area contributed by atoms with Gasteiger partial charge >= 0.3 is 0 Å². The summed E-state index contributed by atoms with van der Waals surface area (Å²) >= 11 is 0. The first-order chi connectivity index (χ1) is 16.4. The summed E-state index contributed by atoms with van der Waals surface area (Å²) in [5.41, 5.74) is 1.12. The van der Waals surface area contributed by atoms with Crippen molar-refractivity contribution in [3.05, 3.63) is 82.9 Å². The Kier molecular flexibility index (Phi) is 7.12. The Hall–Kier alpha value is -3.45. The van der Waals surface area contributed by atoms with Crippen molar-refractivity contribution in [3.63, 3.8) is 0 Å². The van der Waals surface area contributed by atoms with Crippen LogP contribution in [0.4, 0.5) is 0 Å². The van der Waals surface area contributed by atoms with E-state index in [-0.39, 0.29) is 23.9 Å². The molecular formula is C27H31N3O4. The molecule has 1 atom stereocenters. The van der Waals surface area contributed by atoms with E-state index in [4.69, 9.17) is 4.74 Å². The van der Waals surface area contributed by atoms with Gasteiger partial charge in [-0.1, -0.05) is 49.4 Å². The molecular weight excluding hydrogens is 430 g/mol. The minimum absolute atomic E-state index is 0.0957. The summed E-state index contributed by atoms with van der Waals surface area (Å²) in [6.07, 6.45) is 2.75. The van der Waals surface area contributed by atoms with Crippen molar-refractivity contribution >= 4 is 5.91 Å². The Bertz CT molecular complexity index is 1180. The Labute approximate surface area is 199 Å². The first-order valence-electron chi connectivity index (χ1n) is 11.6. The number of ether oxygens (including phenoxy) is 1. The lowest BCUT2D eigenvalue weighted by Gasteiger charge is -2.38. The number of hydrogen-bond acceptors (Lipinski definition) is 5. The second-order valence-electron chi connectivity index (χ2n) is 9.06. The molecule has 1 saturated heterocycles. The number of methoxy groups -OCH3 is 1. The maximum absolute atomic E-state index is 12.8. The molecule has 1 aromatic heterocycles. The summed E-state index contributed by atoms with van der Waals surface area (Å²) in [5.74, 6) is 0.878. The Balaban J connectivity index is 1.37. The largest absolute Gasteiger partial charge is 0.496 e. The zero-order valence-electron chi connectivity index (χ0n) is 19.7. The second kappa shape index (κ2) is 10.2. The van der Waals surface area contributed by atoms with Gasteiger partial charge in [-0.05, 0) is 36.5 Å². The van der Waals surface area contributed by atoms with E-state index in [9.17, 15) is 14.7 Å². The van der Waals surface area contributed by atoms with Crippen LogP contribution in [-0.4, -0.2) is 51.3 Å². The van der Waals surface area contributed by atoms with Crippen LogP contribution in [0.5, 0.6) is 5.75 Å². The normalized spacial score (nSPS) is 16.1. The topological polar surface area (TPSA) is 84.7 Å². The highest BCUT2D eigenvalue weighted by atomic mass is 16.5. The van der Waals surface area contributed by atoms with Crippen LogP contribution in [0.15, 0.2) is 71.8 Å². The molecule has 1 amide bonds. The molecule has 3 aromatic rings. The molecule has 0 unspecified atom stereocenters. The predicted molar refractivity (Wildman–Crippen MR) is 131 cm³/mol. The van der Waals surface area contributed by atoms with Crippen molar-refractivity contribution in [2.75, 3.05) is 20.2 Å². The number of aromatic nitrogens is 2. The monoisotopic (exact) mass is 461 g/mol. The maximum atomic E-state index is 12.8. The van der Waals surface area contributed by atoms with Crippen LogP contribution in [0.25, 0.3) is 11.3 Å². The fourth-order valence-electron chi connectivity index (χ4n) is 4.49. The molecule has 1 aliphatic rings. The van der Waals surface area contributed by atoms with Gasteiger partial charge in [0.2, 0.25) is 5.91 Å². The third kappa shape index (κ3) is 5.37. The van der Waals surface area contributed by atoms with Gasteiger partial charge in [-0.15, -0.1) is 0 Å². The molecule has 0 saturated carbocycles. The van der Waals surface area contributed by atoms with Gasteiger partial charge in [0, 0.05) is 31.1 Å². The van der Waals surface area contributed by atoms with E-state index in [1.165, 1.54) is 17.0 Å². The van der Waals surface area contributed by atoms with E-state index >= 15 is 0 Å². The van der Waals surface area contributed by atoms with Gasteiger partial charge in [0.15, 0.2) is 0 Å². The van der Waals surface area contributed by atoms with E-state index in [1.807, 2.05) is 59.5 Å². The van der Waals surface area contributed by atoms with Crippen molar-refractivity contribution in [3.8, 4) is 17.0 Å². The molecule has 7 nitrogen and oxygen atoms in total. The minimum Gasteiger partial charge on any atom is -0.496 e. The number of carbonyl (C=O) groups excluding carboxylic acids is 1. The third-order valence-corrected chi connectivity index (χ3v) is 6.62. The molecule has 1 aliphatic heterocycles. The van der Waals surface area contributed by atoms with Crippen LogP contribution in [0.3, 0.4) is 0 Å². The highest BCUT2D eigenvalue weighted by Crippen LogP contribution is 2.28. The number of para-hydroxylation sites is 1. The van der Waals surface area contributed by atoms with Gasteiger partial charge in [0.05, 0.1) is 31.3 Å². The molecule has 4 rings (SSSR count). The first kappa shape index (κ1) is 23.7. The summed E-state index contributed by atoms with van der Waals surface area (Å²) in [6.45, 7) is 3.14. The highest BCUT2D eigenvalue weighted by molar-refractivity contribution is 5.77. The number of aliphatic hydroxyl groups is 1. The lowest BCUT2D eigenvalue weighted by Crippen LogP contribution is -2.49. The summed E-state index contributed by atoms with van der Waals surface area (Å²) < 4.78 is 6.80. The van der Waals surface area contributed by atoms with E-state index in [1.54, 1.807) is 7.11 Å². The standard InChI is InChI=1S/C27H31N3O4/c1-20(21-8-4-3-5-9-21)16-25(31)29-14-12-27(33,13-15-29)18-30-19-28-23(17-26(30)32)22-10-6-7-11-24(22)34-2/h3-11,17,19-20,33H,12-16,18H2,1-2H3/t20-/m1/s1. The van der Waals surface area contributed by atoms with E-state index in [0.29, 0.717) is 43.8 Å². The van der Waals surface area contributed by atoms with Crippen LogP contribution in [0.1, 0.15) is 37.7 Å². The van der Waals surface area contributed by atoms with Crippen LogP contribution in [-0.2, 0) is 11.3 Å². The second-order valence-corrected chi connectivity index (χ2v) is 9.06. The van der Waals surface area contributed by atoms with Gasteiger partial charge in [-0.25, -0.2) is 4.98 Å². The fourth-order valence-corrected chi connectivity index (χ4v) is 4.49. The van der Waals surface area contributed by atoms with E-state index in [0.717, 1.165) is 11.1 Å². The van der Waals surface area contributed by atoms with E-state index in [2.05, 4.69) is 11.9 Å². The molecule has 2 heterocycles. The van der Waals surface area contributed by atoms with Crippen LogP contribution >= 0.6 is 0 Å². The summed E-state index contributed by atoms with van der Waals surface area (Å²) in [4.78, 5) is 31.8. The summed E-state index contributed by atoms with van der Waals surface area (Å²) in [5, 5.41) is 11.1. The SMILES string of the molecule is COc1ccccc1-c1cc(=O)n(CC2(O)CCN(C(=O)C[C@@H](C)c3ccccc3)CC2)cn1. The molecule has 2 aromatic carbocycles. The molecule has 34 heavy (non-hydrogen) atoms. The minimum atomic E-state index is -1.06. The molecule has 1 fully saturated rings. The van der Waals surface area contributed by atoms with Crippen LogP contribution in [0.2, 0.25) is 0 Å². The zero-order valence-corrected chi connectivity index (χ0v) is 19.7. The number of rotatable bonds is 7. The number of piperidine rings is 1. The van der Waals surface area contributed by atoms with Gasteiger partial charge in [0.1, 0.15) is 5.75 Å². The molecule has 0 radical (unpaired) electrons. The number of hydrogen-bond donors (Lipinski definition) is 1. The van der Waals surface area contributed by atoms with Gasteiger partial charge in [-0.3, -0.25) is 14.2 Å². The van der Waals surface area contributed by atoms with Gasteiger partial charge < -0.3 is 14.7 Å². The molecule has 0 spiro atoms. The summed E-state index contributed by atoms with van der Waals surface area (Å²) in [6, 6.07) is 18.9. The quantitative estimate of drug-likeness (QED) is 0.583. The van der Waals surface area contributed by atoms with Crippen molar-refractivity contribution in [2.24, 2.45) is 0 Å². The lowest BCUT2D eigenvalue weighted by atomic mass is 9.90. The molecule has 0 aliphatic carbocycles. The van der Waals surface area contributed by atoms with Crippen LogP contribution in [0, 0.1) is 0 Å². The number of amides is 1. The van der Waals surface area contributed by atoms with E-state index < -0.39 is 5.60 Å². The number of benzene rings is 2. The average Bonchev–Trinajstić information content (AvgIpc) is 2.86. The summed E-state index contributed by atoms with van der Waals surface area (Å²) in [7, 11) is 1.58. The lowest BCUT2D eigenvalue weighted by molar-refractivity contribution is -0.136. The number of carbonyl (C=O) groups is 1. The van der Waals surface area contributed by atoms with Crippen LogP contribution < -0.4 is 10.3 Å². The Morgan fingerprint density at radius 3 is 2.47 bits per heavy atom. The van der Waals surface area contributed by atoms with Crippen molar-refractivity contribution < 1.29 is 14.6 Å². The average molecular weight is 462 g/mol. The fraction of sp³-hybridized carbons (Fsp3) is 0.370. The van der Waals surface area contributed by atoms with Crippen molar-refractivity contribution in [1.29, 1.82) is 0 Å². The maximum Gasteiger partial charge on any atom is 0.253 e. The smallest absolute Gasteiger partial charge is 0.253 e. The van der Waals surface area contributed by atoms with Crippen molar-refractivity contribution in [2.45, 2.75) is 44.2 Å². The molecule has 1 N–H and O–H groups in total. The number of likely N-dealkylation sites (tertiary alicyclic amines) is 1. The first-order valence-corrected chi connectivity index (χ1v) is 11.6. The van der Waals surface area contributed by atoms with Crippen molar-refractivity contribution in [1.82, 2.24) is 14.5 Å². The zero-order chi connectivity index (χ0) is 24.1. The Morgan fingerprint density at radius 1 is 1.12 bits per heavy atom. The molecule has 178 valence electrons. The highest BCUT2D eigenvalue weighted by Gasteiger charge is 2.35. The van der Waals surface area contributed by atoms with Gasteiger partial charge in [0.25, 0.3) is 5.56 Å². The third-order valence-electron chi connectivity index (χ3n) is 6.62. The molecule has 0 bridgehead atoms. The Morgan fingerprint density at radius 2 is 1.79 bits per heavy atom. The predicted octanol–water partition coefficient (Wildman–Crippen LogP) is 3.47.